The van der Waals surface area contributed by atoms with Gasteiger partial charge in [0.05, 0.1) is 9.82 Å². The van der Waals surface area contributed by atoms with Crippen LogP contribution in [0.5, 0.6) is 0 Å². The summed E-state index contributed by atoms with van der Waals surface area (Å²) in [5.74, 6) is 0. The second-order valence-corrected chi connectivity index (χ2v) is 8.97. The van der Waals surface area contributed by atoms with Gasteiger partial charge in [-0.15, -0.1) is 0 Å². The van der Waals surface area contributed by atoms with Gasteiger partial charge in [-0.1, -0.05) is 30.3 Å². The lowest BCUT2D eigenvalue weighted by Crippen LogP contribution is -2.56. The molecule has 1 aliphatic heterocycles. The summed E-state index contributed by atoms with van der Waals surface area (Å²) in [6.45, 7) is 2.58. The molecule has 0 bridgehead atoms. The Labute approximate surface area is 164 Å². The Morgan fingerprint density at radius 2 is 1.68 bits per heavy atom. The molecule has 0 saturated carbocycles. The van der Waals surface area contributed by atoms with E-state index in [4.69, 9.17) is 5.73 Å². The van der Waals surface area contributed by atoms with Crippen molar-refractivity contribution in [2.24, 2.45) is 5.73 Å². The lowest BCUT2D eigenvalue weighted by atomic mass is 9.88. The zero-order valence-electron chi connectivity index (χ0n) is 15.5. The van der Waals surface area contributed by atoms with Gasteiger partial charge < -0.3 is 5.73 Å². The minimum absolute atomic E-state index is 0.0109. The molecule has 3 N–H and O–H groups in total. The first kappa shape index (κ1) is 20.4. The van der Waals surface area contributed by atoms with Crippen molar-refractivity contribution in [3.05, 3.63) is 70.3 Å². The summed E-state index contributed by atoms with van der Waals surface area (Å²) in [4.78, 5) is 12.4. The van der Waals surface area contributed by atoms with Crippen molar-refractivity contribution >= 4 is 15.7 Å². The molecule has 0 aliphatic carbocycles. The van der Waals surface area contributed by atoms with Crippen molar-refractivity contribution in [1.29, 1.82) is 0 Å². The summed E-state index contributed by atoms with van der Waals surface area (Å²) in [5, 5.41) is 10.7. The van der Waals surface area contributed by atoms with Gasteiger partial charge in [0, 0.05) is 43.9 Å². The molecule has 1 aliphatic rings. The number of rotatable bonds is 7. The quantitative estimate of drug-likeness (QED) is 0.537. The van der Waals surface area contributed by atoms with Crippen molar-refractivity contribution < 1.29 is 13.3 Å². The number of nitrogens with two attached hydrogens (primary N) is 1. The molecule has 0 amide bonds. The number of likely N-dealkylation sites (tertiary alicyclic amines) is 1. The van der Waals surface area contributed by atoms with Gasteiger partial charge in [-0.05, 0) is 30.5 Å². The zero-order chi connectivity index (χ0) is 20.2. The average molecular weight is 404 g/mol. The SMILES string of the molecule is NC1(CNS(=O)(=O)c2ccc([N+](=O)[O-])cc2)CCN(Cc2ccccc2)CC1. The maximum absolute atomic E-state index is 12.5. The summed E-state index contributed by atoms with van der Waals surface area (Å²) in [6.07, 6.45) is 1.37. The van der Waals surface area contributed by atoms with Gasteiger partial charge in [-0.3, -0.25) is 15.0 Å². The molecule has 9 heteroatoms. The fourth-order valence-electron chi connectivity index (χ4n) is 3.24. The standard InChI is InChI=1S/C19H24N4O4S/c20-19(10-12-22(13-11-19)14-16-4-2-1-3-5-16)15-21-28(26,27)18-8-6-17(7-9-18)23(24)25/h1-9,21H,10-15,20H2. The summed E-state index contributed by atoms with van der Waals surface area (Å²) in [5.41, 5.74) is 6.90. The third-order valence-corrected chi connectivity index (χ3v) is 6.49. The summed E-state index contributed by atoms with van der Waals surface area (Å²) in [7, 11) is -3.77. The van der Waals surface area contributed by atoms with E-state index in [2.05, 4.69) is 21.8 Å². The van der Waals surface area contributed by atoms with Crippen LogP contribution in [0.2, 0.25) is 0 Å². The number of nitrogens with zero attached hydrogens (tertiary/aromatic N) is 2. The molecule has 2 aromatic rings. The van der Waals surface area contributed by atoms with Crippen LogP contribution in [0, 0.1) is 10.1 Å². The topological polar surface area (TPSA) is 119 Å². The molecule has 3 rings (SSSR count). The summed E-state index contributed by atoms with van der Waals surface area (Å²) < 4.78 is 27.5. The molecule has 150 valence electrons. The third kappa shape index (κ3) is 5.14. The van der Waals surface area contributed by atoms with E-state index in [-0.39, 0.29) is 17.1 Å². The van der Waals surface area contributed by atoms with Crippen LogP contribution in [0.1, 0.15) is 18.4 Å². The molecule has 0 spiro atoms. The van der Waals surface area contributed by atoms with Gasteiger partial charge in [0.2, 0.25) is 10.0 Å². The highest BCUT2D eigenvalue weighted by atomic mass is 32.2. The van der Waals surface area contributed by atoms with Gasteiger partial charge in [0.1, 0.15) is 0 Å². The lowest BCUT2D eigenvalue weighted by molar-refractivity contribution is -0.384. The van der Waals surface area contributed by atoms with E-state index in [9.17, 15) is 18.5 Å². The van der Waals surface area contributed by atoms with E-state index in [0.29, 0.717) is 12.8 Å². The first-order valence-corrected chi connectivity index (χ1v) is 10.6. The van der Waals surface area contributed by atoms with Crippen molar-refractivity contribution in [3.63, 3.8) is 0 Å². The fraction of sp³-hybridized carbons (Fsp3) is 0.368. The Morgan fingerprint density at radius 1 is 1.07 bits per heavy atom. The number of nitro groups is 1. The van der Waals surface area contributed by atoms with E-state index in [1.165, 1.54) is 29.8 Å². The highest BCUT2D eigenvalue weighted by Gasteiger charge is 2.32. The Balaban J connectivity index is 1.54. The molecule has 28 heavy (non-hydrogen) atoms. The number of benzene rings is 2. The van der Waals surface area contributed by atoms with Gasteiger partial charge in [-0.2, -0.15) is 0 Å². The maximum atomic E-state index is 12.5. The van der Waals surface area contributed by atoms with E-state index < -0.39 is 20.5 Å². The van der Waals surface area contributed by atoms with Crippen LogP contribution >= 0.6 is 0 Å². The second-order valence-electron chi connectivity index (χ2n) is 7.20. The lowest BCUT2D eigenvalue weighted by Gasteiger charge is -2.39. The molecule has 1 saturated heterocycles. The minimum Gasteiger partial charge on any atom is -0.324 e. The largest absolute Gasteiger partial charge is 0.324 e. The van der Waals surface area contributed by atoms with Crippen molar-refractivity contribution in [2.75, 3.05) is 19.6 Å². The number of piperidine rings is 1. The third-order valence-electron chi connectivity index (χ3n) is 5.07. The van der Waals surface area contributed by atoms with Crippen molar-refractivity contribution in [2.45, 2.75) is 29.8 Å². The number of hydrogen-bond acceptors (Lipinski definition) is 6. The molecule has 0 radical (unpaired) electrons. The highest BCUT2D eigenvalue weighted by molar-refractivity contribution is 7.89. The van der Waals surface area contributed by atoms with Crippen molar-refractivity contribution in [1.82, 2.24) is 9.62 Å². The minimum atomic E-state index is -3.77. The molecular weight excluding hydrogens is 380 g/mol. The van der Waals surface area contributed by atoms with E-state index in [1.54, 1.807) is 0 Å². The van der Waals surface area contributed by atoms with Crippen LogP contribution < -0.4 is 10.5 Å². The Hall–Kier alpha value is -2.33. The van der Waals surface area contributed by atoms with Crippen LogP contribution in [-0.4, -0.2) is 43.4 Å². The number of hydrogen-bond donors (Lipinski definition) is 2. The first-order valence-electron chi connectivity index (χ1n) is 9.07. The maximum Gasteiger partial charge on any atom is 0.269 e. The van der Waals surface area contributed by atoms with E-state index >= 15 is 0 Å². The fourth-order valence-corrected chi connectivity index (χ4v) is 4.38. The van der Waals surface area contributed by atoms with Gasteiger partial charge >= 0.3 is 0 Å². The first-order chi connectivity index (χ1) is 13.3. The predicted octanol–water partition coefficient (Wildman–Crippen LogP) is 1.87. The van der Waals surface area contributed by atoms with Crippen LogP contribution in [0.3, 0.4) is 0 Å². The normalized spacial score (nSPS) is 17.3. The highest BCUT2D eigenvalue weighted by Crippen LogP contribution is 2.22. The monoisotopic (exact) mass is 404 g/mol. The second kappa shape index (κ2) is 8.36. The number of sulfonamides is 1. The Kier molecular flexibility index (Phi) is 6.09. The molecular formula is C19H24N4O4S. The van der Waals surface area contributed by atoms with Gasteiger partial charge in [-0.25, -0.2) is 13.1 Å². The molecule has 1 fully saturated rings. The number of non-ortho nitro benzene ring substituents is 1. The Morgan fingerprint density at radius 3 is 2.25 bits per heavy atom. The van der Waals surface area contributed by atoms with Crippen LogP contribution in [0.4, 0.5) is 5.69 Å². The van der Waals surface area contributed by atoms with Crippen LogP contribution in [-0.2, 0) is 16.6 Å². The number of nitrogens with one attached hydrogen (secondary N) is 1. The summed E-state index contributed by atoms with van der Waals surface area (Å²) >= 11 is 0. The van der Waals surface area contributed by atoms with Gasteiger partial charge in [0.25, 0.3) is 5.69 Å². The molecule has 0 aromatic heterocycles. The smallest absolute Gasteiger partial charge is 0.269 e. The van der Waals surface area contributed by atoms with Crippen molar-refractivity contribution in [3.8, 4) is 0 Å². The van der Waals surface area contributed by atoms with E-state index in [0.717, 1.165) is 19.6 Å². The molecule has 1 heterocycles. The molecule has 8 nitrogen and oxygen atoms in total. The zero-order valence-corrected chi connectivity index (χ0v) is 16.3. The molecule has 2 aromatic carbocycles. The van der Waals surface area contributed by atoms with E-state index in [1.807, 2.05) is 18.2 Å². The predicted molar refractivity (Wildman–Crippen MR) is 106 cm³/mol. The summed E-state index contributed by atoms with van der Waals surface area (Å²) in [6, 6.07) is 15.0. The van der Waals surface area contributed by atoms with Gasteiger partial charge in [0.15, 0.2) is 0 Å². The Bertz CT molecular complexity index is 909. The molecule has 0 unspecified atom stereocenters. The number of nitro benzene ring substituents is 1. The molecule has 0 atom stereocenters. The van der Waals surface area contributed by atoms with Crippen LogP contribution in [0.25, 0.3) is 0 Å². The van der Waals surface area contributed by atoms with Crippen LogP contribution in [0.15, 0.2) is 59.5 Å². The average Bonchev–Trinajstić information content (AvgIpc) is 2.69.